The SMILES string of the molecule is C[Si]1(CC(F)(F)F)O[Si](C)(CC(F)(F)F)O[Si](C)(CC(F)(F)F)O[Si](C)(CC(F)(F)F)O1. The number of hydrogen-bond acceptors (Lipinski definition) is 4. The van der Waals surface area contributed by atoms with Gasteiger partial charge in [-0.1, -0.05) is 0 Å². The first kappa shape index (κ1) is 29.9. The lowest BCUT2D eigenvalue weighted by Gasteiger charge is -2.50. The molecule has 192 valence electrons. The van der Waals surface area contributed by atoms with Crippen molar-refractivity contribution < 1.29 is 69.1 Å². The molecule has 0 atom stereocenters. The largest absolute Gasteiger partial charge is 0.415 e. The lowest BCUT2D eigenvalue weighted by molar-refractivity contribution is -0.119. The lowest BCUT2D eigenvalue weighted by atomic mass is 10.8. The van der Waals surface area contributed by atoms with Gasteiger partial charge in [0.25, 0.3) is 0 Å². The van der Waals surface area contributed by atoms with Gasteiger partial charge in [0, 0.05) is 0 Å². The Morgan fingerprint density at radius 2 is 0.500 bits per heavy atom. The normalized spacial score (nSPS) is 36.0. The molecule has 1 aliphatic heterocycles. The molecule has 1 aliphatic rings. The van der Waals surface area contributed by atoms with Gasteiger partial charge < -0.3 is 16.5 Å². The van der Waals surface area contributed by atoms with E-state index in [-0.39, 0.29) is 0 Å². The van der Waals surface area contributed by atoms with Crippen LogP contribution in [-0.2, 0) is 16.5 Å². The summed E-state index contributed by atoms with van der Waals surface area (Å²) in [5.74, 6) is 0. The fourth-order valence-electron chi connectivity index (χ4n) is 3.66. The van der Waals surface area contributed by atoms with Crippen molar-refractivity contribution in [3.63, 3.8) is 0 Å². The Morgan fingerprint density at radius 1 is 0.375 bits per heavy atom. The van der Waals surface area contributed by atoms with E-state index in [2.05, 4.69) is 0 Å². The molecular formula is C12H20F12O4Si4. The molecule has 4 nitrogen and oxygen atoms in total. The van der Waals surface area contributed by atoms with Gasteiger partial charge in [-0.3, -0.25) is 0 Å². The molecule has 0 aromatic heterocycles. The Hall–Kier alpha value is -0.132. The van der Waals surface area contributed by atoms with Gasteiger partial charge in [-0.15, -0.1) is 0 Å². The Labute approximate surface area is 179 Å². The van der Waals surface area contributed by atoms with E-state index in [0.717, 1.165) is 0 Å². The predicted molar refractivity (Wildman–Crippen MR) is 94.3 cm³/mol. The summed E-state index contributed by atoms with van der Waals surface area (Å²) >= 11 is 0. The topological polar surface area (TPSA) is 36.9 Å². The summed E-state index contributed by atoms with van der Waals surface area (Å²) in [4.78, 5) is 0. The maximum Gasteiger partial charge on any atom is 0.391 e. The van der Waals surface area contributed by atoms with Gasteiger partial charge in [0.15, 0.2) is 0 Å². The van der Waals surface area contributed by atoms with Crippen molar-refractivity contribution >= 4 is 34.2 Å². The van der Waals surface area contributed by atoms with Crippen molar-refractivity contribution in [2.75, 3.05) is 0 Å². The van der Waals surface area contributed by atoms with E-state index in [1.54, 1.807) is 0 Å². The second kappa shape index (κ2) is 8.82. The van der Waals surface area contributed by atoms with E-state index in [9.17, 15) is 52.7 Å². The summed E-state index contributed by atoms with van der Waals surface area (Å²) in [5.41, 5.74) is 0. The molecule has 1 saturated heterocycles. The van der Waals surface area contributed by atoms with E-state index in [0.29, 0.717) is 26.2 Å². The molecule has 0 amide bonds. The smallest absolute Gasteiger partial charge is 0.391 e. The van der Waals surface area contributed by atoms with Crippen LogP contribution in [0.2, 0.25) is 50.4 Å². The summed E-state index contributed by atoms with van der Waals surface area (Å²) in [6.07, 6.45) is -20.5. The van der Waals surface area contributed by atoms with Crippen LogP contribution in [0.15, 0.2) is 0 Å². The minimum absolute atomic E-state index is 0.602. The van der Waals surface area contributed by atoms with Gasteiger partial charge in [-0.2, -0.15) is 52.7 Å². The second-order valence-corrected chi connectivity index (χ2v) is 21.9. The molecule has 0 spiro atoms. The van der Waals surface area contributed by atoms with Crippen LogP contribution in [-0.4, -0.2) is 58.9 Å². The van der Waals surface area contributed by atoms with Gasteiger partial charge in [0.05, 0.1) is 24.2 Å². The molecule has 1 heterocycles. The maximum atomic E-state index is 13.1. The van der Waals surface area contributed by atoms with Crippen LogP contribution in [0.5, 0.6) is 0 Å². The predicted octanol–water partition coefficient (Wildman–Crippen LogP) is 6.60. The van der Waals surface area contributed by atoms with E-state index < -0.39 is 83.1 Å². The Kier molecular flexibility index (Phi) is 8.24. The lowest BCUT2D eigenvalue weighted by Crippen LogP contribution is -2.69. The van der Waals surface area contributed by atoms with Crippen LogP contribution in [0.25, 0.3) is 0 Å². The maximum absolute atomic E-state index is 13.1. The minimum Gasteiger partial charge on any atom is -0.415 e. The number of rotatable bonds is 4. The van der Waals surface area contributed by atoms with Crippen LogP contribution in [0.3, 0.4) is 0 Å². The highest BCUT2D eigenvalue weighted by Crippen LogP contribution is 2.45. The first-order chi connectivity index (χ1) is 13.7. The molecule has 1 fully saturated rings. The third-order valence-electron chi connectivity index (χ3n) is 3.81. The zero-order valence-electron chi connectivity index (χ0n) is 17.0. The van der Waals surface area contributed by atoms with E-state index in [1.807, 2.05) is 0 Å². The van der Waals surface area contributed by atoms with Crippen molar-refractivity contribution in [1.29, 1.82) is 0 Å². The molecule has 0 unspecified atom stereocenters. The highest BCUT2D eigenvalue weighted by atomic mass is 28.5. The van der Waals surface area contributed by atoms with Gasteiger partial charge >= 0.3 is 58.9 Å². The fourth-order valence-corrected chi connectivity index (χ4v) is 25.7. The highest BCUT2D eigenvalue weighted by molar-refractivity contribution is 6.94. The molecule has 0 aliphatic carbocycles. The van der Waals surface area contributed by atoms with Gasteiger partial charge in [0.1, 0.15) is 0 Å². The van der Waals surface area contributed by atoms with E-state index in [1.165, 1.54) is 0 Å². The molecule has 0 radical (unpaired) electrons. The van der Waals surface area contributed by atoms with Crippen LogP contribution in [0.1, 0.15) is 0 Å². The first-order valence-corrected chi connectivity index (χ1v) is 18.8. The molecule has 1 rings (SSSR count). The van der Waals surface area contributed by atoms with Gasteiger partial charge in [0.2, 0.25) is 0 Å². The Bertz CT molecular complexity index is 542. The van der Waals surface area contributed by atoms with E-state index >= 15 is 0 Å². The first-order valence-electron chi connectivity index (χ1n) is 8.73. The molecule has 0 saturated carbocycles. The molecular weight excluding hydrogens is 548 g/mol. The third kappa shape index (κ3) is 10.9. The Morgan fingerprint density at radius 3 is 0.594 bits per heavy atom. The van der Waals surface area contributed by atoms with Crippen LogP contribution in [0, 0.1) is 0 Å². The molecule has 0 aromatic rings. The fraction of sp³-hybridized carbons (Fsp3) is 1.00. The number of halogens is 12. The quantitative estimate of drug-likeness (QED) is 0.283. The summed E-state index contributed by atoms with van der Waals surface area (Å²) in [6, 6.07) is -8.04. The molecule has 32 heavy (non-hydrogen) atoms. The van der Waals surface area contributed by atoms with Gasteiger partial charge in [-0.05, 0) is 26.2 Å². The van der Waals surface area contributed by atoms with Gasteiger partial charge in [-0.25, -0.2) is 0 Å². The monoisotopic (exact) mass is 568 g/mol. The molecule has 20 heteroatoms. The molecule has 0 bridgehead atoms. The molecule has 0 N–H and O–H groups in total. The van der Waals surface area contributed by atoms with Crippen molar-refractivity contribution in [1.82, 2.24) is 0 Å². The highest BCUT2D eigenvalue weighted by Gasteiger charge is 2.64. The van der Waals surface area contributed by atoms with Crippen LogP contribution in [0.4, 0.5) is 52.7 Å². The zero-order valence-corrected chi connectivity index (χ0v) is 21.0. The van der Waals surface area contributed by atoms with E-state index in [4.69, 9.17) is 16.5 Å². The number of alkyl halides is 12. The molecule has 0 aromatic carbocycles. The van der Waals surface area contributed by atoms with Crippen molar-refractivity contribution in [2.24, 2.45) is 0 Å². The summed E-state index contributed by atoms with van der Waals surface area (Å²) < 4.78 is 178. The standard InChI is InChI=1S/C12H20F12O4Si4/c1-29(5-9(13,14)15)25-30(2,6-10(16,17)18)27-32(4,8-12(22,23)24)28-31(3,26-29)7-11(19,20)21/h5-8H2,1-4H3. The Balaban J connectivity index is 3.62. The van der Waals surface area contributed by atoms with Crippen molar-refractivity contribution in [3.05, 3.63) is 0 Å². The number of hydrogen-bond donors (Lipinski definition) is 0. The van der Waals surface area contributed by atoms with Crippen LogP contribution < -0.4 is 0 Å². The average molecular weight is 569 g/mol. The minimum atomic E-state index is -5.12. The second-order valence-electron chi connectivity index (χ2n) is 8.11. The summed E-state index contributed by atoms with van der Waals surface area (Å²) in [7, 11) is -19.8. The van der Waals surface area contributed by atoms with Crippen molar-refractivity contribution in [3.8, 4) is 0 Å². The third-order valence-corrected chi connectivity index (χ3v) is 21.8. The van der Waals surface area contributed by atoms with Crippen molar-refractivity contribution in [2.45, 2.75) is 75.1 Å². The van der Waals surface area contributed by atoms with Crippen LogP contribution >= 0.6 is 0 Å². The zero-order chi connectivity index (χ0) is 25.7. The summed E-state index contributed by atoms with van der Waals surface area (Å²) in [5, 5.41) is 0. The summed E-state index contributed by atoms with van der Waals surface area (Å²) in [6.45, 7) is 2.41. The average Bonchev–Trinajstić information content (AvgIpc) is 2.21.